The number of furan rings is 1. The third-order valence-corrected chi connectivity index (χ3v) is 3.50. The molecular formula is C14H13BrFNO3. The second-order valence-corrected chi connectivity index (χ2v) is 4.92. The summed E-state index contributed by atoms with van der Waals surface area (Å²) in [6.45, 7) is 1.77. The highest BCUT2D eigenvalue weighted by Gasteiger charge is 2.16. The van der Waals surface area contributed by atoms with E-state index >= 15 is 0 Å². The molecule has 6 heteroatoms. The Morgan fingerprint density at radius 1 is 1.45 bits per heavy atom. The van der Waals surface area contributed by atoms with Crippen molar-refractivity contribution in [2.75, 3.05) is 7.11 Å². The lowest BCUT2D eigenvalue weighted by molar-refractivity contribution is 0.0938. The number of benzene rings is 1. The number of hydrogen-bond acceptors (Lipinski definition) is 3. The van der Waals surface area contributed by atoms with Crippen LogP contribution in [-0.2, 0) is 0 Å². The van der Waals surface area contributed by atoms with Crippen LogP contribution in [0, 0.1) is 5.82 Å². The van der Waals surface area contributed by atoms with Crippen molar-refractivity contribution in [1.29, 1.82) is 0 Å². The normalized spacial score (nSPS) is 12.0. The summed E-state index contributed by atoms with van der Waals surface area (Å²) in [5.74, 6) is -0.588. The number of carbonyl (C=O) groups is 1. The highest BCUT2D eigenvalue weighted by Crippen LogP contribution is 2.23. The van der Waals surface area contributed by atoms with Crippen LogP contribution < -0.4 is 10.1 Å². The highest BCUT2D eigenvalue weighted by molar-refractivity contribution is 9.10. The molecule has 2 rings (SSSR count). The fraction of sp³-hybridized carbons (Fsp3) is 0.214. The van der Waals surface area contributed by atoms with Crippen molar-refractivity contribution in [3.63, 3.8) is 0 Å². The van der Waals surface area contributed by atoms with Gasteiger partial charge in [-0.15, -0.1) is 0 Å². The number of rotatable bonds is 4. The maximum atomic E-state index is 13.6. The molecule has 0 bridgehead atoms. The third kappa shape index (κ3) is 3.01. The molecule has 0 aliphatic carbocycles. The monoisotopic (exact) mass is 341 g/mol. The summed E-state index contributed by atoms with van der Waals surface area (Å²) in [7, 11) is 1.40. The molecule has 1 N–H and O–H groups in total. The maximum absolute atomic E-state index is 13.6. The lowest BCUT2D eigenvalue weighted by Crippen LogP contribution is -2.26. The molecule has 1 unspecified atom stereocenters. The van der Waals surface area contributed by atoms with Gasteiger partial charge in [-0.1, -0.05) is 6.07 Å². The molecule has 1 aromatic heterocycles. The van der Waals surface area contributed by atoms with Crippen LogP contribution in [-0.4, -0.2) is 13.0 Å². The van der Waals surface area contributed by atoms with Crippen LogP contribution in [0.2, 0.25) is 0 Å². The summed E-state index contributed by atoms with van der Waals surface area (Å²) in [6, 6.07) is 5.79. The van der Waals surface area contributed by atoms with Crippen molar-refractivity contribution < 1.29 is 18.3 Å². The Morgan fingerprint density at radius 2 is 2.20 bits per heavy atom. The molecule has 1 aromatic carbocycles. The van der Waals surface area contributed by atoms with E-state index in [1.165, 1.54) is 25.5 Å². The Kier molecular flexibility index (Phi) is 4.44. The predicted molar refractivity (Wildman–Crippen MR) is 75.2 cm³/mol. The van der Waals surface area contributed by atoms with Crippen LogP contribution in [0.1, 0.15) is 28.9 Å². The number of methoxy groups -OCH3 is 1. The van der Waals surface area contributed by atoms with Gasteiger partial charge in [-0.05, 0) is 46.6 Å². The molecule has 106 valence electrons. The van der Waals surface area contributed by atoms with Crippen molar-refractivity contribution >= 4 is 21.8 Å². The zero-order valence-corrected chi connectivity index (χ0v) is 12.5. The average Bonchev–Trinajstić information content (AvgIpc) is 2.84. The van der Waals surface area contributed by atoms with Crippen LogP contribution in [0.4, 0.5) is 4.39 Å². The first-order valence-electron chi connectivity index (χ1n) is 5.90. The van der Waals surface area contributed by atoms with E-state index in [2.05, 4.69) is 21.2 Å². The molecule has 1 amide bonds. The smallest absolute Gasteiger partial charge is 0.256 e. The van der Waals surface area contributed by atoms with Gasteiger partial charge in [0.1, 0.15) is 0 Å². The van der Waals surface area contributed by atoms with E-state index in [1.54, 1.807) is 19.1 Å². The largest absolute Gasteiger partial charge is 0.494 e. The molecule has 1 heterocycles. The quantitative estimate of drug-likeness (QED) is 0.922. The van der Waals surface area contributed by atoms with Gasteiger partial charge in [0.2, 0.25) is 0 Å². The molecule has 0 radical (unpaired) electrons. The average molecular weight is 342 g/mol. The molecule has 4 nitrogen and oxygen atoms in total. The summed E-state index contributed by atoms with van der Waals surface area (Å²) in [5.41, 5.74) is 1.04. The van der Waals surface area contributed by atoms with E-state index in [0.717, 1.165) is 0 Å². The summed E-state index contributed by atoms with van der Waals surface area (Å²) in [5, 5.41) is 2.77. The van der Waals surface area contributed by atoms with Gasteiger partial charge >= 0.3 is 0 Å². The number of amides is 1. The van der Waals surface area contributed by atoms with Crippen molar-refractivity contribution in [1.82, 2.24) is 5.32 Å². The summed E-state index contributed by atoms with van der Waals surface area (Å²) < 4.78 is 23.8. The SMILES string of the molecule is COc1ccc(C(C)NC(=O)c2ccoc2Br)cc1F. The van der Waals surface area contributed by atoms with Crippen molar-refractivity contribution in [3.05, 3.63) is 52.1 Å². The van der Waals surface area contributed by atoms with E-state index < -0.39 is 5.82 Å². The first kappa shape index (κ1) is 14.6. The molecule has 1 atom stereocenters. The van der Waals surface area contributed by atoms with Crippen LogP contribution >= 0.6 is 15.9 Å². The Labute approximate surface area is 124 Å². The van der Waals surface area contributed by atoms with Gasteiger partial charge in [-0.3, -0.25) is 4.79 Å². The molecule has 0 aliphatic rings. The van der Waals surface area contributed by atoms with Gasteiger partial charge in [-0.25, -0.2) is 4.39 Å². The fourth-order valence-corrected chi connectivity index (χ4v) is 2.19. The topological polar surface area (TPSA) is 51.5 Å². The molecule has 0 spiro atoms. The van der Waals surface area contributed by atoms with E-state index in [-0.39, 0.29) is 17.7 Å². The molecule has 0 fully saturated rings. The molecule has 20 heavy (non-hydrogen) atoms. The van der Waals surface area contributed by atoms with Crippen LogP contribution in [0.3, 0.4) is 0 Å². The predicted octanol–water partition coefficient (Wildman–Crippen LogP) is 3.68. The number of hydrogen-bond donors (Lipinski definition) is 1. The van der Waals surface area contributed by atoms with E-state index in [1.807, 2.05) is 0 Å². The molecular weight excluding hydrogens is 329 g/mol. The highest BCUT2D eigenvalue weighted by atomic mass is 79.9. The Bertz CT molecular complexity index is 627. The summed E-state index contributed by atoms with van der Waals surface area (Å²) in [6.07, 6.45) is 1.41. The zero-order chi connectivity index (χ0) is 14.7. The van der Waals surface area contributed by atoms with Gasteiger partial charge in [0.15, 0.2) is 16.2 Å². The minimum atomic E-state index is -0.462. The minimum absolute atomic E-state index is 0.171. The third-order valence-electron chi connectivity index (χ3n) is 2.89. The van der Waals surface area contributed by atoms with Gasteiger partial charge in [0.25, 0.3) is 5.91 Å². The standard InChI is InChI=1S/C14H13BrFNO3/c1-8(9-3-4-12(19-2)11(16)7-9)17-14(18)10-5-6-20-13(10)15/h3-8H,1-2H3,(H,17,18). The van der Waals surface area contributed by atoms with Crippen molar-refractivity contribution in [3.8, 4) is 5.75 Å². The van der Waals surface area contributed by atoms with Crippen LogP contribution in [0.15, 0.2) is 39.6 Å². The molecule has 2 aromatic rings. The number of halogens is 2. The lowest BCUT2D eigenvalue weighted by atomic mass is 10.1. The van der Waals surface area contributed by atoms with Gasteiger partial charge in [0, 0.05) is 0 Å². The van der Waals surface area contributed by atoms with Crippen molar-refractivity contribution in [2.45, 2.75) is 13.0 Å². The van der Waals surface area contributed by atoms with E-state index in [4.69, 9.17) is 9.15 Å². The number of nitrogens with one attached hydrogen (secondary N) is 1. The van der Waals surface area contributed by atoms with Crippen molar-refractivity contribution in [2.24, 2.45) is 0 Å². The zero-order valence-electron chi connectivity index (χ0n) is 10.9. The first-order valence-corrected chi connectivity index (χ1v) is 6.69. The number of ether oxygens (including phenoxy) is 1. The summed E-state index contributed by atoms with van der Waals surface area (Å²) >= 11 is 3.14. The minimum Gasteiger partial charge on any atom is -0.494 e. The Hall–Kier alpha value is -1.82. The molecule has 0 saturated heterocycles. The maximum Gasteiger partial charge on any atom is 0.256 e. The molecule has 0 aliphatic heterocycles. The van der Waals surface area contributed by atoms with E-state index in [9.17, 15) is 9.18 Å². The van der Waals surface area contributed by atoms with Crippen LogP contribution in [0.5, 0.6) is 5.75 Å². The van der Waals surface area contributed by atoms with Gasteiger partial charge in [0.05, 0.1) is 25.0 Å². The first-order chi connectivity index (χ1) is 9.52. The second-order valence-electron chi connectivity index (χ2n) is 4.20. The number of carbonyl (C=O) groups excluding carboxylic acids is 1. The Balaban J connectivity index is 2.12. The molecule has 0 saturated carbocycles. The van der Waals surface area contributed by atoms with Gasteiger partial charge < -0.3 is 14.5 Å². The van der Waals surface area contributed by atoms with E-state index in [0.29, 0.717) is 15.8 Å². The Morgan fingerprint density at radius 3 is 2.75 bits per heavy atom. The van der Waals surface area contributed by atoms with Crippen LogP contribution in [0.25, 0.3) is 0 Å². The lowest BCUT2D eigenvalue weighted by Gasteiger charge is -2.14. The fourth-order valence-electron chi connectivity index (χ4n) is 1.77. The second kappa shape index (κ2) is 6.09. The van der Waals surface area contributed by atoms with Gasteiger partial charge in [-0.2, -0.15) is 0 Å². The summed E-state index contributed by atoms with van der Waals surface area (Å²) in [4.78, 5) is 12.0.